The van der Waals surface area contributed by atoms with Gasteiger partial charge in [0.15, 0.2) is 5.92 Å². The van der Waals surface area contributed by atoms with Crippen LogP contribution in [0.15, 0.2) is 0 Å². The SMILES string of the molecule is O=C(O)C(=O)C(C[N+](=O)[O-])C(=O)O. The second-order valence-corrected chi connectivity index (χ2v) is 2.08. The van der Waals surface area contributed by atoms with Crippen LogP contribution in [0.1, 0.15) is 0 Å². The lowest BCUT2D eigenvalue weighted by atomic mass is 10.1. The topological polar surface area (TPSA) is 135 Å². The maximum atomic E-state index is 10.5. The summed E-state index contributed by atoms with van der Waals surface area (Å²) in [4.78, 5) is 39.5. The molecule has 0 fully saturated rings. The van der Waals surface area contributed by atoms with Gasteiger partial charge in [0.2, 0.25) is 6.54 Å². The van der Waals surface area contributed by atoms with Crippen molar-refractivity contribution >= 4 is 17.7 Å². The normalized spacial score (nSPS) is 11.7. The zero-order valence-electron chi connectivity index (χ0n) is 6.17. The van der Waals surface area contributed by atoms with Gasteiger partial charge in [-0.2, -0.15) is 0 Å². The van der Waals surface area contributed by atoms with Gasteiger partial charge in [-0.05, 0) is 0 Å². The van der Waals surface area contributed by atoms with Crippen LogP contribution in [0.5, 0.6) is 0 Å². The molecule has 0 aliphatic heterocycles. The quantitative estimate of drug-likeness (QED) is 0.236. The minimum atomic E-state index is -2.12. The van der Waals surface area contributed by atoms with Gasteiger partial charge >= 0.3 is 11.9 Å². The predicted molar refractivity (Wildman–Crippen MR) is 35.6 cm³/mol. The van der Waals surface area contributed by atoms with Crippen LogP contribution in [0.25, 0.3) is 0 Å². The molecule has 0 aromatic heterocycles. The Labute approximate surface area is 70.9 Å². The van der Waals surface area contributed by atoms with Crippen molar-refractivity contribution in [3.8, 4) is 0 Å². The van der Waals surface area contributed by atoms with Crippen molar-refractivity contribution in [3.05, 3.63) is 10.1 Å². The van der Waals surface area contributed by atoms with Crippen LogP contribution in [0.2, 0.25) is 0 Å². The standard InChI is InChI=1S/C5H5NO7/c7-3(5(10)11)2(4(8)9)1-6(12)13/h2H,1H2,(H,8,9)(H,10,11). The van der Waals surface area contributed by atoms with E-state index in [1.165, 1.54) is 0 Å². The molecule has 0 aromatic rings. The molecule has 0 bridgehead atoms. The molecule has 1 unspecified atom stereocenters. The van der Waals surface area contributed by atoms with E-state index in [-0.39, 0.29) is 0 Å². The molecule has 2 N–H and O–H groups in total. The fraction of sp³-hybridized carbons (Fsp3) is 0.400. The minimum Gasteiger partial charge on any atom is -0.481 e. The van der Waals surface area contributed by atoms with E-state index in [1.807, 2.05) is 0 Å². The molecule has 0 spiro atoms. The molecule has 0 saturated heterocycles. The number of rotatable bonds is 5. The van der Waals surface area contributed by atoms with Crippen molar-refractivity contribution in [2.45, 2.75) is 0 Å². The number of nitrogens with zero attached hydrogens (tertiary/aromatic N) is 1. The smallest absolute Gasteiger partial charge is 0.373 e. The Morgan fingerprint density at radius 3 is 2.00 bits per heavy atom. The lowest BCUT2D eigenvalue weighted by Gasteiger charge is -2.01. The Kier molecular flexibility index (Phi) is 3.51. The number of nitro groups is 1. The Morgan fingerprint density at radius 2 is 1.77 bits per heavy atom. The summed E-state index contributed by atoms with van der Waals surface area (Å²) in [5, 5.41) is 26.2. The van der Waals surface area contributed by atoms with Crippen molar-refractivity contribution in [1.82, 2.24) is 0 Å². The van der Waals surface area contributed by atoms with Gasteiger partial charge in [0.05, 0.1) is 0 Å². The first kappa shape index (κ1) is 11.0. The van der Waals surface area contributed by atoms with E-state index in [0.717, 1.165) is 0 Å². The van der Waals surface area contributed by atoms with E-state index in [1.54, 1.807) is 0 Å². The molecule has 13 heavy (non-hydrogen) atoms. The average Bonchev–Trinajstić information content (AvgIpc) is 1.97. The van der Waals surface area contributed by atoms with Crippen LogP contribution in [0, 0.1) is 16.0 Å². The highest BCUT2D eigenvalue weighted by atomic mass is 16.6. The number of hydrogen-bond acceptors (Lipinski definition) is 5. The molecule has 0 aromatic carbocycles. The second kappa shape index (κ2) is 4.14. The summed E-state index contributed by atoms with van der Waals surface area (Å²) in [6.07, 6.45) is 0. The first-order valence-corrected chi connectivity index (χ1v) is 2.98. The van der Waals surface area contributed by atoms with E-state index in [4.69, 9.17) is 10.2 Å². The molecule has 0 radical (unpaired) electrons. The second-order valence-electron chi connectivity index (χ2n) is 2.08. The summed E-state index contributed by atoms with van der Waals surface area (Å²) >= 11 is 0. The van der Waals surface area contributed by atoms with Crippen molar-refractivity contribution in [1.29, 1.82) is 0 Å². The molecule has 1 atom stereocenters. The number of carboxylic acid groups (broad SMARTS) is 2. The fourth-order valence-electron chi connectivity index (χ4n) is 0.571. The minimum absolute atomic E-state index is 1.06. The third kappa shape index (κ3) is 3.27. The van der Waals surface area contributed by atoms with Crippen LogP contribution in [-0.2, 0) is 14.4 Å². The number of ketones is 1. The summed E-state index contributed by atoms with van der Waals surface area (Å²) < 4.78 is 0. The van der Waals surface area contributed by atoms with Crippen LogP contribution in [0.3, 0.4) is 0 Å². The van der Waals surface area contributed by atoms with Crippen molar-refractivity contribution < 1.29 is 29.5 Å². The average molecular weight is 191 g/mol. The number of hydrogen-bond donors (Lipinski definition) is 2. The lowest BCUT2D eigenvalue weighted by molar-refractivity contribution is -0.483. The third-order valence-electron chi connectivity index (χ3n) is 1.16. The third-order valence-corrected chi connectivity index (χ3v) is 1.16. The molecule has 0 saturated carbocycles. The van der Waals surface area contributed by atoms with Gasteiger partial charge in [-0.15, -0.1) is 0 Å². The fourth-order valence-corrected chi connectivity index (χ4v) is 0.571. The van der Waals surface area contributed by atoms with Crippen LogP contribution < -0.4 is 0 Å². The van der Waals surface area contributed by atoms with Crippen LogP contribution >= 0.6 is 0 Å². The Bertz CT molecular complexity index is 270. The van der Waals surface area contributed by atoms with E-state index >= 15 is 0 Å². The van der Waals surface area contributed by atoms with Gasteiger partial charge in [-0.25, -0.2) is 4.79 Å². The number of carbonyl (C=O) groups excluding carboxylic acids is 1. The molecule has 0 heterocycles. The monoisotopic (exact) mass is 191 g/mol. The zero-order chi connectivity index (χ0) is 10.6. The summed E-state index contributed by atoms with van der Waals surface area (Å²) in [6, 6.07) is 0. The van der Waals surface area contributed by atoms with E-state index in [9.17, 15) is 24.5 Å². The molecule has 72 valence electrons. The van der Waals surface area contributed by atoms with Gasteiger partial charge in [-0.3, -0.25) is 19.7 Å². The molecular weight excluding hydrogens is 186 g/mol. The Hall–Kier alpha value is -1.99. The van der Waals surface area contributed by atoms with Crippen molar-refractivity contribution in [2.24, 2.45) is 5.92 Å². The van der Waals surface area contributed by atoms with Crippen LogP contribution in [0.4, 0.5) is 0 Å². The van der Waals surface area contributed by atoms with Gasteiger partial charge < -0.3 is 10.2 Å². The number of aliphatic carboxylic acids is 2. The molecule has 0 amide bonds. The maximum absolute atomic E-state index is 10.5. The highest BCUT2D eigenvalue weighted by Crippen LogP contribution is 1.99. The molecular formula is C5H5NO7. The highest BCUT2D eigenvalue weighted by molar-refractivity contribution is 6.37. The molecule has 0 aliphatic rings. The number of Topliss-reactive ketones (excluding diaryl/α,β-unsaturated/α-hetero) is 1. The number of carbonyl (C=O) groups is 3. The predicted octanol–water partition coefficient (Wildman–Crippen LogP) is -1.38. The first-order chi connectivity index (χ1) is 5.86. The van der Waals surface area contributed by atoms with E-state index < -0.39 is 35.1 Å². The summed E-state index contributed by atoms with van der Waals surface area (Å²) in [5.74, 6) is -7.62. The zero-order valence-corrected chi connectivity index (χ0v) is 6.17. The summed E-state index contributed by atoms with van der Waals surface area (Å²) in [5.41, 5.74) is 0. The Balaban J connectivity index is 4.61. The molecule has 8 nitrogen and oxygen atoms in total. The van der Waals surface area contributed by atoms with E-state index in [0.29, 0.717) is 0 Å². The molecule has 0 rings (SSSR count). The largest absolute Gasteiger partial charge is 0.481 e. The lowest BCUT2D eigenvalue weighted by Crippen LogP contribution is -2.35. The van der Waals surface area contributed by atoms with Gasteiger partial charge in [-0.1, -0.05) is 0 Å². The summed E-state index contributed by atoms with van der Waals surface area (Å²) in [6.45, 7) is -1.22. The van der Waals surface area contributed by atoms with Crippen molar-refractivity contribution in [3.63, 3.8) is 0 Å². The Morgan fingerprint density at radius 1 is 1.31 bits per heavy atom. The van der Waals surface area contributed by atoms with E-state index in [2.05, 4.69) is 0 Å². The van der Waals surface area contributed by atoms with Crippen molar-refractivity contribution in [2.75, 3.05) is 6.54 Å². The molecule has 0 aliphatic carbocycles. The highest BCUT2D eigenvalue weighted by Gasteiger charge is 2.35. The number of carboxylic acids is 2. The molecule has 8 heteroatoms. The van der Waals surface area contributed by atoms with Crippen LogP contribution in [-0.4, -0.2) is 39.4 Å². The summed E-state index contributed by atoms with van der Waals surface area (Å²) in [7, 11) is 0. The van der Waals surface area contributed by atoms with Gasteiger partial charge in [0.1, 0.15) is 0 Å². The first-order valence-electron chi connectivity index (χ1n) is 2.98. The van der Waals surface area contributed by atoms with Gasteiger partial charge in [0, 0.05) is 4.92 Å². The van der Waals surface area contributed by atoms with Gasteiger partial charge in [0.25, 0.3) is 5.78 Å². The maximum Gasteiger partial charge on any atom is 0.373 e.